The molecule has 0 saturated heterocycles. The predicted octanol–water partition coefficient (Wildman–Crippen LogP) is 1.67. The minimum absolute atomic E-state index is 0.308. The highest BCUT2D eigenvalue weighted by atomic mass is 16.5. The van der Waals surface area contributed by atoms with E-state index in [2.05, 4.69) is 34.4 Å². The molecular weight excluding hydrogens is 256 g/mol. The molecule has 0 bridgehead atoms. The van der Waals surface area contributed by atoms with Crippen LogP contribution in [0.25, 0.3) is 0 Å². The molecule has 0 spiro atoms. The summed E-state index contributed by atoms with van der Waals surface area (Å²) in [6, 6.07) is 0. The molecular formula is C14H26N4O2. The van der Waals surface area contributed by atoms with E-state index in [0.29, 0.717) is 13.2 Å². The van der Waals surface area contributed by atoms with Gasteiger partial charge in [0.1, 0.15) is 18.0 Å². The summed E-state index contributed by atoms with van der Waals surface area (Å²) in [4.78, 5) is 8.59. The molecule has 114 valence electrons. The standard InChI is InChI=1S/C14H26N4O2/c1-4-6-12-13(15-7-5-2)17-10-18-14(12)16-8-11(19)9-20-3/h10-11,19H,4-9H2,1-3H3,(H2,15,16,17,18). The number of nitrogens with one attached hydrogen (secondary N) is 2. The second-order valence-electron chi connectivity index (χ2n) is 4.72. The number of aliphatic hydroxyl groups excluding tert-OH is 1. The molecule has 6 nitrogen and oxygen atoms in total. The number of rotatable bonds is 10. The summed E-state index contributed by atoms with van der Waals surface area (Å²) in [7, 11) is 1.57. The van der Waals surface area contributed by atoms with E-state index in [4.69, 9.17) is 4.74 Å². The van der Waals surface area contributed by atoms with Gasteiger partial charge in [0, 0.05) is 25.8 Å². The van der Waals surface area contributed by atoms with Crippen molar-refractivity contribution in [1.82, 2.24) is 9.97 Å². The zero-order valence-electron chi connectivity index (χ0n) is 12.6. The van der Waals surface area contributed by atoms with E-state index < -0.39 is 6.10 Å². The van der Waals surface area contributed by atoms with Crippen LogP contribution in [-0.2, 0) is 11.2 Å². The fourth-order valence-corrected chi connectivity index (χ4v) is 1.91. The summed E-state index contributed by atoms with van der Waals surface area (Å²) in [5.41, 5.74) is 1.08. The Kier molecular flexibility index (Phi) is 7.91. The lowest BCUT2D eigenvalue weighted by atomic mass is 10.1. The van der Waals surface area contributed by atoms with Crippen LogP contribution in [0.15, 0.2) is 6.33 Å². The van der Waals surface area contributed by atoms with Crippen molar-refractivity contribution in [2.75, 3.05) is 37.4 Å². The molecule has 1 atom stereocenters. The molecule has 0 aliphatic heterocycles. The largest absolute Gasteiger partial charge is 0.389 e. The Bertz CT molecular complexity index is 387. The molecule has 0 aliphatic rings. The smallest absolute Gasteiger partial charge is 0.134 e. The third kappa shape index (κ3) is 5.30. The number of nitrogens with zero attached hydrogens (tertiary/aromatic N) is 2. The lowest BCUT2D eigenvalue weighted by Gasteiger charge is -2.16. The van der Waals surface area contributed by atoms with Crippen LogP contribution in [-0.4, -0.2) is 48.0 Å². The van der Waals surface area contributed by atoms with Crippen LogP contribution >= 0.6 is 0 Å². The van der Waals surface area contributed by atoms with Gasteiger partial charge in [-0.15, -0.1) is 0 Å². The summed E-state index contributed by atoms with van der Waals surface area (Å²) in [5, 5.41) is 16.2. The van der Waals surface area contributed by atoms with Gasteiger partial charge in [-0.25, -0.2) is 9.97 Å². The maximum atomic E-state index is 9.70. The Morgan fingerprint density at radius 2 is 1.90 bits per heavy atom. The molecule has 6 heteroatoms. The van der Waals surface area contributed by atoms with Crippen molar-refractivity contribution in [2.45, 2.75) is 39.2 Å². The van der Waals surface area contributed by atoms with E-state index in [1.807, 2.05) is 0 Å². The van der Waals surface area contributed by atoms with Crippen LogP contribution < -0.4 is 10.6 Å². The van der Waals surface area contributed by atoms with Gasteiger partial charge in [0.25, 0.3) is 0 Å². The first-order valence-corrected chi connectivity index (χ1v) is 7.21. The second kappa shape index (κ2) is 9.50. The molecule has 0 aliphatic carbocycles. The minimum atomic E-state index is -0.545. The molecule has 1 heterocycles. The highest BCUT2D eigenvalue weighted by Gasteiger charge is 2.11. The van der Waals surface area contributed by atoms with E-state index >= 15 is 0 Å². The molecule has 0 saturated carbocycles. The Hall–Kier alpha value is -1.40. The van der Waals surface area contributed by atoms with E-state index in [9.17, 15) is 5.11 Å². The summed E-state index contributed by atoms with van der Waals surface area (Å²) >= 11 is 0. The third-order valence-electron chi connectivity index (χ3n) is 2.85. The molecule has 0 aromatic carbocycles. The highest BCUT2D eigenvalue weighted by molar-refractivity contribution is 5.57. The van der Waals surface area contributed by atoms with Crippen molar-refractivity contribution < 1.29 is 9.84 Å². The van der Waals surface area contributed by atoms with Gasteiger partial charge in [0.05, 0.1) is 12.7 Å². The number of aliphatic hydroxyl groups is 1. The van der Waals surface area contributed by atoms with Gasteiger partial charge < -0.3 is 20.5 Å². The van der Waals surface area contributed by atoms with Gasteiger partial charge in [-0.2, -0.15) is 0 Å². The molecule has 20 heavy (non-hydrogen) atoms. The first-order valence-electron chi connectivity index (χ1n) is 7.21. The topological polar surface area (TPSA) is 79.3 Å². The Labute approximate surface area is 121 Å². The van der Waals surface area contributed by atoms with Crippen molar-refractivity contribution in [3.8, 4) is 0 Å². The van der Waals surface area contributed by atoms with Crippen LogP contribution in [0.3, 0.4) is 0 Å². The Balaban J connectivity index is 2.77. The highest BCUT2D eigenvalue weighted by Crippen LogP contribution is 2.21. The predicted molar refractivity (Wildman–Crippen MR) is 81.2 cm³/mol. The van der Waals surface area contributed by atoms with Gasteiger partial charge in [0.15, 0.2) is 0 Å². The molecule has 0 amide bonds. The average Bonchev–Trinajstić information content (AvgIpc) is 2.45. The molecule has 0 fully saturated rings. The number of hydrogen-bond donors (Lipinski definition) is 3. The fraction of sp³-hybridized carbons (Fsp3) is 0.714. The Morgan fingerprint density at radius 1 is 1.20 bits per heavy atom. The molecule has 1 aromatic heterocycles. The van der Waals surface area contributed by atoms with Gasteiger partial charge in [-0.05, 0) is 12.8 Å². The van der Waals surface area contributed by atoms with Gasteiger partial charge in [-0.1, -0.05) is 20.3 Å². The normalized spacial score (nSPS) is 12.2. The van der Waals surface area contributed by atoms with Crippen molar-refractivity contribution in [1.29, 1.82) is 0 Å². The molecule has 0 radical (unpaired) electrons. The number of aromatic nitrogens is 2. The van der Waals surface area contributed by atoms with E-state index in [1.165, 1.54) is 0 Å². The summed E-state index contributed by atoms with van der Waals surface area (Å²) in [6.45, 7) is 5.85. The quantitative estimate of drug-likeness (QED) is 0.606. The molecule has 1 rings (SSSR count). The molecule has 1 unspecified atom stereocenters. The SMILES string of the molecule is CCCNc1ncnc(NCC(O)COC)c1CCC. The number of ether oxygens (including phenoxy) is 1. The van der Waals surface area contributed by atoms with Crippen LogP contribution in [0, 0.1) is 0 Å². The van der Waals surface area contributed by atoms with Crippen molar-refractivity contribution in [2.24, 2.45) is 0 Å². The summed E-state index contributed by atoms with van der Waals surface area (Å²) < 4.78 is 4.91. The van der Waals surface area contributed by atoms with E-state index in [0.717, 1.165) is 43.0 Å². The van der Waals surface area contributed by atoms with Crippen LogP contribution in [0.4, 0.5) is 11.6 Å². The minimum Gasteiger partial charge on any atom is -0.389 e. The van der Waals surface area contributed by atoms with Gasteiger partial charge in [0.2, 0.25) is 0 Å². The maximum Gasteiger partial charge on any atom is 0.134 e. The summed E-state index contributed by atoms with van der Waals surface area (Å²) in [6.07, 6.45) is 3.96. The average molecular weight is 282 g/mol. The number of anilines is 2. The molecule has 3 N–H and O–H groups in total. The first kappa shape index (κ1) is 16.7. The van der Waals surface area contributed by atoms with E-state index in [1.54, 1.807) is 13.4 Å². The van der Waals surface area contributed by atoms with Crippen LogP contribution in [0.1, 0.15) is 32.3 Å². The van der Waals surface area contributed by atoms with Crippen molar-refractivity contribution in [3.05, 3.63) is 11.9 Å². The van der Waals surface area contributed by atoms with E-state index in [-0.39, 0.29) is 0 Å². The zero-order valence-corrected chi connectivity index (χ0v) is 12.6. The summed E-state index contributed by atoms with van der Waals surface area (Å²) in [5.74, 6) is 1.67. The third-order valence-corrected chi connectivity index (χ3v) is 2.85. The number of methoxy groups -OCH3 is 1. The van der Waals surface area contributed by atoms with Crippen molar-refractivity contribution in [3.63, 3.8) is 0 Å². The fourth-order valence-electron chi connectivity index (χ4n) is 1.91. The first-order chi connectivity index (χ1) is 9.72. The van der Waals surface area contributed by atoms with Gasteiger partial charge >= 0.3 is 0 Å². The van der Waals surface area contributed by atoms with Crippen molar-refractivity contribution >= 4 is 11.6 Å². The van der Waals surface area contributed by atoms with Crippen LogP contribution in [0.5, 0.6) is 0 Å². The van der Waals surface area contributed by atoms with Gasteiger partial charge in [-0.3, -0.25) is 0 Å². The van der Waals surface area contributed by atoms with Crippen LogP contribution in [0.2, 0.25) is 0 Å². The number of hydrogen-bond acceptors (Lipinski definition) is 6. The maximum absolute atomic E-state index is 9.70. The monoisotopic (exact) mass is 282 g/mol. The second-order valence-corrected chi connectivity index (χ2v) is 4.72. The lowest BCUT2D eigenvalue weighted by molar-refractivity contribution is 0.0727. The molecule has 1 aromatic rings. The zero-order chi connectivity index (χ0) is 14.8. The lowest BCUT2D eigenvalue weighted by Crippen LogP contribution is -2.25. The Morgan fingerprint density at radius 3 is 2.50 bits per heavy atom.